The van der Waals surface area contributed by atoms with Crippen molar-refractivity contribution in [2.45, 2.75) is 0 Å². The van der Waals surface area contributed by atoms with E-state index < -0.39 is 0 Å². The van der Waals surface area contributed by atoms with Gasteiger partial charge in [-0.25, -0.2) is 0 Å². The van der Waals surface area contributed by atoms with Gasteiger partial charge < -0.3 is 14.0 Å². The van der Waals surface area contributed by atoms with Crippen molar-refractivity contribution < 1.29 is 0 Å². The van der Waals surface area contributed by atoms with E-state index in [2.05, 4.69) is 344 Å². The van der Waals surface area contributed by atoms with E-state index in [1.54, 1.807) is 0 Å². The van der Waals surface area contributed by atoms with E-state index in [-0.39, 0.29) is 0 Å². The Morgan fingerprint density at radius 3 is 1.07 bits per heavy atom. The summed E-state index contributed by atoms with van der Waals surface area (Å²) in [6.07, 6.45) is 0. The second-order valence-corrected chi connectivity index (χ2v) is 21.1. The minimum Gasteiger partial charge on any atom is -0.310 e. The number of hydrogen-bond acceptors (Lipinski definition) is 5. The molecule has 0 amide bonds. The highest BCUT2D eigenvalue weighted by atomic mass is 15.3. The third-order valence-corrected chi connectivity index (χ3v) is 16.2. The highest BCUT2D eigenvalue weighted by molar-refractivity contribution is 6.13. The summed E-state index contributed by atoms with van der Waals surface area (Å²) in [4.78, 5) is 18.5. The number of fused-ring (bicyclic) bond motifs is 9. The third kappa shape index (κ3) is 8.15. The van der Waals surface area contributed by atoms with Crippen LogP contribution in [0.1, 0.15) is 0 Å². The van der Waals surface area contributed by atoms with E-state index in [0.717, 1.165) is 111 Å². The average molecular weight is 1080 g/mol. The van der Waals surface area contributed by atoms with Crippen LogP contribution in [0, 0.1) is 0 Å². The van der Waals surface area contributed by atoms with Crippen molar-refractivity contribution in [2.24, 2.45) is 0 Å². The maximum atomic E-state index is 5.82. The maximum absolute atomic E-state index is 5.82. The standard InChI is InChI=1S/C76H52N8/c1-7-25-53(26-8-1)79(54-27-9-2-10-28-54)59-44-48-72-67(49-59)64-39-21-24-42-70(64)84(72)75-52-74(80(55-29-11-3-12-30-55)60-45-47-71-66(50-60)63-38-20-23-41-69(63)82(71)57-33-15-5-16-34-57)77-76(78-75)81(56-31-13-4-14-32-56)61-43-46-65-62-37-19-22-40-68(62)83(73(65)51-61)58-35-17-6-18-36-58/h1-52H. The van der Waals surface area contributed by atoms with Crippen LogP contribution < -0.4 is 14.7 Å². The van der Waals surface area contributed by atoms with Crippen LogP contribution in [0.5, 0.6) is 0 Å². The Labute approximate surface area is 485 Å². The van der Waals surface area contributed by atoms with E-state index in [1.165, 1.54) is 5.39 Å². The molecule has 0 atom stereocenters. The molecule has 0 saturated carbocycles. The highest BCUT2D eigenvalue weighted by Crippen LogP contribution is 2.45. The van der Waals surface area contributed by atoms with E-state index in [4.69, 9.17) is 9.97 Å². The van der Waals surface area contributed by atoms with Gasteiger partial charge in [0.15, 0.2) is 0 Å². The average Bonchev–Trinajstić information content (AvgIpc) is 2.96. The minimum atomic E-state index is 0.500. The fraction of sp³-hybridized carbons (Fsp3) is 0. The summed E-state index contributed by atoms with van der Waals surface area (Å²) in [7, 11) is 0. The van der Waals surface area contributed by atoms with Crippen molar-refractivity contribution in [3.63, 3.8) is 0 Å². The number of aromatic nitrogens is 5. The van der Waals surface area contributed by atoms with Gasteiger partial charge in [0.25, 0.3) is 0 Å². The Morgan fingerprint density at radius 1 is 0.214 bits per heavy atom. The summed E-state index contributed by atoms with van der Waals surface area (Å²) in [5.74, 6) is 1.90. The summed E-state index contributed by atoms with van der Waals surface area (Å²) >= 11 is 0. The lowest BCUT2D eigenvalue weighted by Crippen LogP contribution is -2.18. The van der Waals surface area contributed by atoms with Crippen molar-refractivity contribution in [3.05, 3.63) is 315 Å². The number of anilines is 9. The molecule has 12 aromatic carbocycles. The lowest BCUT2D eigenvalue weighted by molar-refractivity contribution is 0.997. The predicted molar refractivity (Wildman–Crippen MR) is 349 cm³/mol. The molecular weight excluding hydrogens is 1020 g/mol. The van der Waals surface area contributed by atoms with E-state index in [0.29, 0.717) is 17.6 Å². The lowest BCUT2D eigenvalue weighted by Gasteiger charge is -2.28. The van der Waals surface area contributed by atoms with Crippen LogP contribution in [-0.2, 0) is 0 Å². The third-order valence-electron chi connectivity index (χ3n) is 16.2. The first-order valence-electron chi connectivity index (χ1n) is 28.4. The van der Waals surface area contributed by atoms with Gasteiger partial charge >= 0.3 is 0 Å². The Hall–Kier alpha value is -11.5. The largest absolute Gasteiger partial charge is 0.310 e. The summed E-state index contributed by atoms with van der Waals surface area (Å²) < 4.78 is 7.05. The molecule has 0 bridgehead atoms. The summed E-state index contributed by atoms with van der Waals surface area (Å²) in [5.41, 5.74) is 15.6. The van der Waals surface area contributed by atoms with Gasteiger partial charge in [0.2, 0.25) is 5.95 Å². The molecule has 4 aromatic heterocycles. The van der Waals surface area contributed by atoms with Crippen LogP contribution in [0.15, 0.2) is 315 Å². The lowest BCUT2D eigenvalue weighted by atomic mass is 10.1. The molecule has 4 heterocycles. The summed E-state index contributed by atoms with van der Waals surface area (Å²) in [5, 5.41) is 6.84. The van der Waals surface area contributed by atoms with Crippen molar-refractivity contribution in [3.8, 4) is 17.2 Å². The number of nitrogens with zero attached hydrogens (tertiary/aromatic N) is 8. The molecular formula is C76H52N8. The first kappa shape index (κ1) is 48.4. The zero-order valence-electron chi connectivity index (χ0n) is 45.6. The number of hydrogen-bond donors (Lipinski definition) is 0. The van der Waals surface area contributed by atoms with Gasteiger partial charge in [-0.05, 0) is 140 Å². The van der Waals surface area contributed by atoms with Crippen LogP contribution >= 0.6 is 0 Å². The molecule has 0 radical (unpaired) electrons. The fourth-order valence-corrected chi connectivity index (χ4v) is 12.5. The molecule has 16 aromatic rings. The van der Waals surface area contributed by atoms with E-state index in [9.17, 15) is 0 Å². The highest BCUT2D eigenvalue weighted by Gasteiger charge is 2.26. The first-order chi connectivity index (χ1) is 41.7. The number of para-hydroxylation sites is 9. The molecule has 8 heteroatoms. The van der Waals surface area contributed by atoms with Gasteiger partial charge in [0.05, 0.1) is 38.8 Å². The molecule has 84 heavy (non-hydrogen) atoms. The Bertz CT molecular complexity index is 5040. The zero-order chi connectivity index (χ0) is 55.5. The summed E-state index contributed by atoms with van der Waals surface area (Å²) in [6, 6.07) is 112. The smallest absolute Gasteiger partial charge is 0.238 e. The maximum Gasteiger partial charge on any atom is 0.238 e. The normalized spacial score (nSPS) is 11.6. The van der Waals surface area contributed by atoms with Crippen LogP contribution in [0.4, 0.5) is 51.6 Å². The molecule has 0 unspecified atom stereocenters. The molecule has 396 valence electrons. The van der Waals surface area contributed by atoms with Gasteiger partial charge in [-0.1, -0.05) is 170 Å². The number of rotatable bonds is 12. The SMILES string of the molecule is c1ccc(N(c2ccccc2)c2ccc3c(c2)c2ccccc2n3-c2cc(N(c3ccccc3)c3ccc4c(c3)c3ccccc3n4-c3ccccc3)nc(N(c3ccccc3)c3ccc4c5ccccc5n(-c5ccccc5)c4c3)n2)cc1. The quantitative estimate of drug-likeness (QED) is 0.122. The fourth-order valence-electron chi connectivity index (χ4n) is 12.5. The van der Waals surface area contributed by atoms with Gasteiger partial charge in [-0.3, -0.25) is 14.4 Å². The molecule has 0 aliphatic heterocycles. The van der Waals surface area contributed by atoms with Crippen LogP contribution in [0.3, 0.4) is 0 Å². The molecule has 16 rings (SSSR count). The molecule has 0 saturated heterocycles. The Balaban J connectivity index is 0.971. The van der Waals surface area contributed by atoms with Gasteiger partial charge in [0.1, 0.15) is 11.6 Å². The topological polar surface area (TPSA) is 50.3 Å². The first-order valence-corrected chi connectivity index (χ1v) is 28.4. The van der Waals surface area contributed by atoms with Crippen LogP contribution in [0.25, 0.3) is 82.6 Å². The van der Waals surface area contributed by atoms with E-state index in [1.807, 2.05) is 0 Å². The second kappa shape index (κ2) is 20.3. The monoisotopic (exact) mass is 1080 g/mol. The van der Waals surface area contributed by atoms with Crippen molar-refractivity contribution in [2.75, 3.05) is 14.7 Å². The van der Waals surface area contributed by atoms with Crippen LogP contribution in [-0.4, -0.2) is 23.7 Å². The molecule has 0 aliphatic rings. The van der Waals surface area contributed by atoms with Crippen molar-refractivity contribution >= 4 is 117 Å². The molecule has 0 N–H and O–H groups in total. The predicted octanol–water partition coefficient (Wildman–Crippen LogP) is 20.2. The van der Waals surface area contributed by atoms with E-state index >= 15 is 0 Å². The second-order valence-electron chi connectivity index (χ2n) is 21.1. The van der Waals surface area contributed by atoms with Crippen molar-refractivity contribution in [1.82, 2.24) is 23.7 Å². The van der Waals surface area contributed by atoms with Crippen molar-refractivity contribution in [1.29, 1.82) is 0 Å². The summed E-state index contributed by atoms with van der Waals surface area (Å²) in [6.45, 7) is 0. The Morgan fingerprint density at radius 2 is 0.560 bits per heavy atom. The van der Waals surface area contributed by atoms with Gasteiger partial charge in [-0.2, -0.15) is 9.97 Å². The van der Waals surface area contributed by atoms with Gasteiger partial charge in [-0.15, -0.1) is 0 Å². The molecule has 0 fully saturated rings. The molecule has 0 spiro atoms. The molecule has 8 nitrogen and oxygen atoms in total. The Kier molecular flexibility index (Phi) is 11.7. The minimum absolute atomic E-state index is 0.500. The number of benzene rings is 12. The van der Waals surface area contributed by atoms with Gasteiger partial charge in [0, 0.05) is 83.9 Å². The zero-order valence-corrected chi connectivity index (χ0v) is 45.6. The molecule has 0 aliphatic carbocycles. The van der Waals surface area contributed by atoms with Crippen LogP contribution in [0.2, 0.25) is 0 Å².